The topological polar surface area (TPSA) is 3.88 Å². The monoisotopic (exact) mass is 134 g/mol. The summed E-state index contributed by atoms with van der Waals surface area (Å²) < 4.78 is 2.15. The molecule has 0 saturated heterocycles. The van der Waals surface area contributed by atoms with Gasteiger partial charge >= 0.3 is 0 Å². The van der Waals surface area contributed by atoms with E-state index in [4.69, 9.17) is 0 Å². The van der Waals surface area contributed by atoms with Crippen LogP contribution in [0.1, 0.15) is 5.69 Å². The number of allylic oxidation sites excluding steroid dienone is 1. The molecule has 0 fully saturated rings. The van der Waals surface area contributed by atoms with Crippen molar-refractivity contribution in [2.75, 3.05) is 0 Å². The van der Waals surface area contributed by atoms with Gasteiger partial charge in [0, 0.05) is 19.1 Å². The van der Waals surface area contributed by atoms with E-state index >= 15 is 0 Å². The van der Waals surface area contributed by atoms with Gasteiger partial charge in [-0.3, -0.25) is 0 Å². The molecule has 0 aliphatic carbocycles. The summed E-state index contributed by atoms with van der Waals surface area (Å²) in [4.78, 5) is 0. The standard InChI is InChI=1S/C9H12N/c1-3-7-10-8-5-4-6-9(10)2/h3-6,8H,1,7H2,2H3/q+1. The first-order chi connectivity index (χ1) is 4.84. The van der Waals surface area contributed by atoms with Crippen LogP contribution in [0.15, 0.2) is 37.1 Å². The molecule has 0 radical (unpaired) electrons. The summed E-state index contributed by atoms with van der Waals surface area (Å²) in [5.41, 5.74) is 1.27. The molecule has 0 bridgehead atoms. The Morgan fingerprint density at radius 3 is 3.00 bits per heavy atom. The zero-order valence-corrected chi connectivity index (χ0v) is 6.25. The number of aryl methyl sites for hydroxylation is 1. The molecule has 1 aromatic heterocycles. The van der Waals surface area contributed by atoms with Crippen LogP contribution in [0.2, 0.25) is 0 Å². The van der Waals surface area contributed by atoms with Crippen molar-refractivity contribution in [3.63, 3.8) is 0 Å². The molecule has 0 aliphatic rings. The van der Waals surface area contributed by atoms with E-state index in [2.05, 4.69) is 30.3 Å². The summed E-state index contributed by atoms with van der Waals surface area (Å²) in [6.45, 7) is 6.66. The molecule has 0 aromatic carbocycles. The second-order valence-electron chi connectivity index (χ2n) is 2.28. The fraction of sp³-hybridized carbons (Fsp3) is 0.222. The molecule has 1 heterocycles. The van der Waals surface area contributed by atoms with Crippen molar-refractivity contribution in [1.29, 1.82) is 0 Å². The average Bonchev–Trinajstić information content (AvgIpc) is 1.94. The van der Waals surface area contributed by atoms with Crippen LogP contribution in [0.5, 0.6) is 0 Å². The van der Waals surface area contributed by atoms with E-state index in [1.165, 1.54) is 5.69 Å². The first-order valence-electron chi connectivity index (χ1n) is 3.40. The normalized spacial score (nSPS) is 9.30. The van der Waals surface area contributed by atoms with Crippen LogP contribution in [0.3, 0.4) is 0 Å². The van der Waals surface area contributed by atoms with Crippen molar-refractivity contribution in [2.24, 2.45) is 0 Å². The Kier molecular flexibility index (Phi) is 2.21. The fourth-order valence-corrected chi connectivity index (χ4v) is 0.906. The second kappa shape index (κ2) is 3.16. The van der Waals surface area contributed by atoms with Crippen LogP contribution in [0.25, 0.3) is 0 Å². The van der Waals surface area contributed by atoms with E-state index in [1.807, 2.05) is 18.2 Å². The van der Waals surface area contributed by atoms with Crippen molar-refractivity contribution in [3.8, 4) is 0 Å². The van der Waals surface area contributed by atoms with Crippen LogP contribution in [0, 0.1) is 6.92 Å². The maximum absolute atomic E-state index is 3.68. The number of aromatic nitrogens is 1. The lowest BCUT2D eigenvalue weighted by atomic mass is 10.3. The van der Waals surface area contributed by atoms with Crippen molar-refractivity contribution in [3.05, 3.63) is 42.7 Å². The van der Waals surface area contributed by atoms with E-state index in [1.54, 1.807) is 0 Å². The number of pyridine rings is 1. The van der Waals surface area contributed by atoms with Gasteiger partial charge < -0.3 is 0 Å². The average molecular weight is 134 g/mol. The van der Waals surface area contributed by atoms with Crippen molar-refractivity contribution >= 4 is 0 Å². The molecule has 0 aliphatic heterocycles. The molecule has 1 heteroatoms. The number of rotatable bonds is 2. The summed E-state index contributed by atoms with van der Waals surface area (Å²) >= 11 is 0. The van der Waals surface area contributed by atoms with Crippen LogP contribution >= 0.6 is 0 Å². The molecule has 0 atom stereocenters. The zero-order valence-electron chi connectivity index (χ0n) is 6.25. The Hall–Kier alpha value is -1.11. The lowest BCUT2D eigenvalue weighted by Gasteiger charge is -1.93. The van der Waals surface area contributed by atoms with Gasteiger partial charge in [0.1, 0.15) is 0 Å². The summed E-state index contributed by atoms with van der Waals surface area (Å²) in [7, 11) is 0. The van der Waals surface area contributed by atoms with Gasteiger partial charge in [0.2, 0.25) is 0 Å². The Morgan fingerprint density at radius 2 is 2.40 bits per heavy atom. The van der Waals surface area contributed by atoms with Crippen LogP contribution < -0.4 is 4.57 Å². The zero-order chi connectivity index (χ0) is 7.40. The number of hydrogen-bond donors (Lipinski definition) is 0. The molecule has 0 amide bonds. The van der Waals surface area contributed by atoms with Crippen LogP contribution in [0.4, 0.5) is 0 Å². The lowest BCUT2D eigenvalue weighted by Crippen LogP contribution is -2.35. The Morgan fingerprint density at radius 1 is 1.60 bits per heavy atom. The van der Waals surface area contributed by atoms with E-state index in [-0.39, 0.29) is 0 Å². The maximum Gasteiger partial charge on any atom is 0.178 e. The first-order valence-corrected chi connectivity index (χ1v) is 3.40. The fourth-order valence-electron chi connectivity index (χ4n) is 0.906. The van der Waals surface area contributed by atoms with E-state index in [0.29, 0.717) is 0 Å². The predicted octanol–water partition coefficient (Wildman–Crippen LogP) is 1.47. The van der Waals surface area contributed by atoms with Gasteiger partial charge in [0.05, 0.1) is 0 Å². The third-order valence-corrected chi connectivity index (χ3v) is 1.49. The molecule has 10 heavy (non-hydrogen) atoms. The first kappa shape index (κ1) is 7.00. The van der Waals surface area contributed by atoms with Gasteiger partial charge in [-0.1, -0.05) is 12.6 Å². The van der Waals surface area contributed by atoms with Gasteiger partial charge in [-0.15, -0.1) is 0 Å². The minimum absolute atomic E-state index is 0.896. The van der Waals surface area contributed by atoms with Gasteiger partial charge in [0.25, 0.3) is 0 Å². The highest BCUT2D eigenvalue weighted by Crippen LogP contribution is 1.86. The predicted molar refractivity (Wildman–Crippen MR) is 41.6 cm³/mol. The largest absolute Gasteiger partial charge is 0.199 e. The minimum Gasteiger partial charge on any atom is -0.199 e. The van der Waals surface area contributed by atoms with Gasteiger partial charge in [-0.25, -0.2) is 0 Å². The van der Waals surface area contributed by atoms with Gasteiger partial charge in [-0.2, -0.15) is 4.57 Å². The van der Waals surface area contributed by atoms with E-state index in [9.17, 15) is 0 Å². The molecule has 1 aromatic rings. The van der Waals surface area contributed by atoms with Crippen molar-refractivity contribution in [2.45, 2.75) is 13.5 Å². The molecular formula is C9H12N+. The second-order valence-corrected chi connectivity index (χ2v) is 2.28. The van der Waals surface area contributed by atoms with Gasteiger partial charge in [0.15, 0.2) is 18.4 Å². The molecule has 0 N–H and O–H groups in total. The van der Waals surface area contributed by atoms with E-state index < -0.39 is 0 Å². The smallest absolute Gasteiger partial charge is 0.178 e. The highest BCUT2D eigenvalue weighted by atomic mass is 14.9. The SMILES string of the molecule is C=CC[n+]1ccccc1C. The summed E-state index contributed by atoms with van der Waals surface area (Å²) in [6, 6.07) is 6.15. The maximum atomic E-state index is 3.68. The third-order valence-electron chi connectivity index (χ3n) is 1.49. The van der Waals surface area contributed by atoms with Crippen LogP contribution in [-0.2, 0) is 6.54 Å². The number of nitrogens with zero attached hydrogens (tertiary/aromatic N) is 1. The summed E-state index contributed by atoms with van der Waals surface area (Å²) in [5.74, 6) is 0. The molecule has 52 valence electrons. The Bertz CT molecular complexity index is 228. The molecule has 1 rings (SSSR count). The Balaban J connectivity index is 2.91. The highest BCUT2D eigenvalue weighted by Gasteiger charge is 1.98. The minimum atomic E-state index is 0.896. The van der Waals surface area contributed by atoms with E-state index in [0.717, 1.165) is 6.54 Å². The number of hydrogen-bond acceptors (Lipinski definition) is 0. The lowest BCUT2D eigenvalue weighted by molar-refractivity contribution is -0.692. The summed E-state index contributed by atoms with van der Waals surface area (Å²) in [6.07, 6.45) is 3.95. The quantitative estimate of drug-likeness (QED) is 0.426. The van der Waals surface area contributed by atoms with Crippen LogP contribution in [-0.4, -0.2) is 0 Å². The molecule has 0 unspecified atom stereocenters. The molecule has 0 spiro atoms. The molecule has 1 nitrogen and oxygen atoms in total. The van der Waals surface area contributed by atoms with Gasteiger partial charge in [-0.05, 0) is 6.08 Å². The molecule has 0 saturated carbocycles. The Labute approximate surface area is 61.6 Å². The van der Waals surface area contributed by atoms with Crippen molar-refractivity contribution in [1.82, 2.24) is 0 Å². The van der Waals surface area contributed by atoms with Crippen molar-refractivity contribution < 1.29 is 4.57 Å². The third kappa shape index (κ3) is 1.44. The molecular weight excluding hydrogens is 122 g/mol. The highest BCUT2D eigenvalue weighted by molar-refractivity contribution is 4.94. The summed E-state index contributed by atoms with van der Waals surface area (Å²) in [5, 5.41) is 0.